The highest BCUT2D eigenvalue weighted by Gasteiger charge is 2.05. The van der Waals surface area contributed by atoms with E-state index in [1.165, 1.54) is 16.8 Å². The van der Waals surface area contributed by atoms with E-state index in [-0.39, 0.29) is 5.02 Å². The van der Waals surface area contributed by atoms with Crippen LogP contribution in [0.2, 0.25) is 5.02 Å². The molecule has 1 heterocycles. The number of rotatable bonds is 5. The van der Waals surface area contributed by atoms with Crippen molar-refractivity contribution in [2.45, 2.75) is 19.3 Å². The Labute approximate surface area is 110 Å². The Hall–Kier alpha value is -1.46. The highest BCUT2D eigenvalue weighted by atomic mass is 35.5. The van der Waals surface area contributed by atoms with Gasteiger partial charge in [0.2, 0.25) is 0 Å². The van der Waals surface area contributed by atoms with Crippen LogP contribution >= 0.6 is 11.6 Å². The summed E-state index contributed by atoms with van der Waals surface area (Å²) in [5.41, 5.74) is 6.90. The maximum Gasteiger partial charge on any atom is 0.143 e. The van der Waals surface area contributed by atoms with Crippen molar-refractivity contribution in [3.8, 4) is 5.69 Å². The van der Waals surface area contributed by atoms with Gasteiger partial charge in [-0.3, -0.25) is 0 Å². The molecule has 0 bridgehead atoms. The van der Waals surface area contributed by atoms with Crippen molar-refractivity contribution in [1.82, 2.24) is 15.0 Å². The minimum absolute atomic E-state index is 0.0991. The fourth-order valence-corrected chi connectivity index (χ4v) is 1.73. The summed E-state index contributed by atoms with van der Waals surface area (Å²) in [5, 5.41) is 8.09. The molecule has 2 aromatic rings. The quantitative estimate of drug-likeness (QED) is 0.847. The van der Waals surface area contributed by atoms with E-state index in [1.54, 1.807) is 12.3 Å². The van der Waals surface area contributed by atoms with Crippen LogP contribution in [0, 0.1) is 5.82 Å². The zero-order valence-corrected chi connectivity index (χ0v) is 10.6. The largest absolute Gasteiger partial charge is 0.330 e. The van der Waals surface area contributed by atoms with E-state index < -0.39 is 5.82 Å². The molecule has 1 aromatic carbocycles. The molecule has 0 saturated heterocycles. The minimum Gasteiger partial charge on any atom is -0.330 e. The van der Waals surface area contributed by atoms with Crippen LogP contribution in [0.1, 0.15) is 18.5 Å². The van der Waals surface area contributed by atoms with Crippen LogP contribution in [0.5, 0.6) is 0 Å². The van der Waals surface area contributed by atoms with Gasteiger partial charge in [-0.05, 0) is 37.9 Å². The number of aromatic nitrogens is 3. The van der Waals surface area contributed by atoms with Crippen LogP contribution in [0.25, 0.3) is 5.69 Å². The highest BCUT2D eigenvalue weighted by Crippen LogP contribution is 2.17. The van der Waals surface area contributed by atoms with Crippen molar-refractivity contribution < 1.29 is 4.39 Å². The number of nitrogens with two attached hydrogens (primary N) is 1. The third kappa shape index (κ3) is 3.05. The topological polar surface area (TPSA) is 56.7 Å². The van der Waals surface area contributed by atoms with Crippen molar-refractivity contribution in [1.29, 1.82) is 0 Å². The molecule has 96 valence electrons. The summed E-state index contributed by atoms with van der Waals surface area (Å²) >= 11 is 5.63. The molecule has 0 atom stereocenters. The van der Waals surface area contributed by atoms with Crippen LogP contribution in [0.15, 0.2) is 24.4 Å². The van der Waals surface area contributed by atoms with Crippen LogP contribution in [-0.2, 0) is 6.42 Å². The van der Waals surface area contributed by atoms with Gasteiger partial charge in [-0.1, -0.05) is 16.8 Å². The first-order chi connectivity index (χ1) is 8.70. The molecule has 0 spiro atoms. The fraction of sp³-hybridized carbons (Fsp3) is 0.333. The molecular weight excluding hydrogens is 255 g/mol. The number of hydrogen-bond donors (Lipinski definition) is 1. The van der Waals surface area contributed by atoms with Gasteiger partial charge in [-0.15, -0.1) is 5.10 Å². The van der Waals surface area contributed by atoms with Gasteiger partial charge in [-0.2, -0.15) is 0 Å². The minimum atomic E-state index is -0.464. The third-order valence-electron chi connectivity index (χ3n) is 2.60. The average Bonchev–Trinajstić information content (AvgIpc) is 2.82. The van der Waals surface area contributed by atoms with Crippen LogP contribution < -0.4 is 5.73 Å². The van der Waals surface area contributed by atoms with E-state index >= 15 is 0 Å². The standard InChI is InChI=1S/C12H14ClFN4/c13-11-5-4-10(7-12(11)14)18-8-9(16-17-18)3-1-2-6-15/h4-5,7-8H,1-3,6,15H2. The lowest BCUT2D eigenvalue weighted by molar-refractivity contribution is 0.625. The molecule has 0 unspecified atom stereocenters. The maximum absolute atomic E-state index is 13.3. The normalized spacial score (nSPS) is 10.8. The van der Waals surface area contributed by atoms with Crippen LogP contribution in [0.3, 0.4) is 0 Å². The number of hydrogen-bond acceptors (Lipinski definition) is 3. The molecule has 18 heavy (non-hydrogen) atoms. The van der Waals surface area contributed by atoms with Crippen molar-refractivity contribution in [3.05, 3.63) is 40.9 Å². The van der Waals surface area contributed by atoms with E-state index in [2.05, 4.69) is 10.3 Å². The molecule has 0 aliphatic heterocycles. The molecule has 0 aliphatic carbocycles. The van der Waals surface area contributed by atoms with E-state index in [4.69, 9.17) is 17.3 Å². The SMILES string of the molecule is NCCCCc1cn(-c2ccc(Cl)c(F)c2)nn1. The first kappa shape index (κ1) is 13.0. The summed E-state index contributed by atoms with van der Waals surface area (Å²) in [4.78, 5) is 0. The molecule has 4 nitrogen and oxygen atoms in total. The van der Waals surface area contributed by atoms with Gasteiger partial charge < -0.3 is 5.73 Å². The smallest absolute Gasteiger partial charge is 0.143 e. The van der Waals surface area contributed by atoms with Gasteiger partial charge in [0.1, 0.15) is 5.82 Å². The van der Waals surface area contributed by atoms with Crippen molar-refractivity contribution in [2.75, 3.05) is 6.54 Å². The lowest BCUT2D eigenvalue weighted by Crippen LogP contribution is -1.99. The summed E-state index contributed by atoms with van der Waals surface area (Å²) in [6, 6.07) is 4.53. The van der Waals surface area contributed by atoms with E-state index in [1.807, 2.05) is 0 Å². The number of unbranched alkanes of at least 4 members (excludes halogenated alkanes) is 1. The Morgan fingerprint density at radius 2 is 2.17 bits per heavy atom. The van der Waals surface area contributed by atoms with E-state index in [0.29, 0.717) is 12.2 Å². The summed E-state index contributed by atoms with van der Waals surface area (Å²) in [6.45, 7) is 0.677. The summed E-state index contributed by atoms with van der Waals surface area (Å²) in [5.74, 6) is -0.464. The third-order valence-corrected chi connectivity index (χ3v) is 2.90. The molecule has 0 amide bonds. The molecule has 2 rings (SSSR count). The molecule has 0 radical (unpaired) electrons. The second-order valence-corrected chi connectivity index (χ2v) is 4.41. The van der Waals surface area contributed by atoms with Crippen LogP contribution in [-0.4, -0.2) is 21.5 Å². The Morgan fingerprint density at radius 3 is 2.89 bits per heavy atom. The van der Waals surface area contributed by atoms with Gasteiger partial charge >= 0.3 is 0 Å². The average molecular weight is 269 g/mol. The molecule has 0 fully saturated rings. The molecule has 2 N–H and O–H groups in total. The lowest BCUT2D eigenvalue weighted by atomic mass is 10.2. The zero-order chi connectivity index (χ0) is 13.0. The Bertz CT molecular complexity index is 527. The fourth-order valence-electron chi connectivity index (χ4n) is 1.62. The van der Waals surface area contributed by atoms with Gasteiger partial charge in [0.25, 0.3) is 0 Å². The van der Waals surface area contributed by atoms with E-state index in [9.17, 15) is 4.39 Å². The Morgan fingerprint density at radius 1 is 1.33 bits per heavy atom. The van der Waals surface area contributed by atoms with Crippen molar-refractivity contribution in [2.24, 2.45) is 5.73 Å². The van der Waals surface area contributed by atoms with Crippen LogP contribution in [0.4, 0.5) is 4.39 Å². The second-order valence-electron chi connectivity index (χ2n) is 4.00. The Balaban J connectivity index is 2.11. The molecular formula is C12H14ClFN4. The maximum atomic E-state index is 13.3. The van der Waals surface area contributed by atoms with Gasteiger partial charge in [0.05, 0.1) is 22.6 Å². The highest BCUT2D eigenvalue weighted by molar-refractivity contribution is 6.30. The second kappa shape index (κ2) is 5.93. The van der Waals surface area contributed by atoms with Gasteiger partial charge in [0.15, 0.2) is 0 Å². The number of benzene rings is 1. The molecule has 1 aromatic heterocycles. The summed E-state index contributed by atoms with van der Waals surface area (Å²) in [6.07, 6.45) is 4.55. The van der Waals surface area contributed by atoms with Gasteiger partial charge in [-0.25, -0.2) is 9.07 Å². The molecule has 6 heteroatoms. The number of halogens is 2. The number of aryl methyl sites for hydroxylation is 1. The lowest BCUT2D eigenvalue weighted by Gasteiger charge is -2.00. The summed E-state index contributed by atoms with van der Waals surface area (Å²) < 4.78 is 14.9. The first-order valence-corrected chi connectivity index (χ1v) is 6.15. The predicted octanol–water partition coefficient (Wildman–Crippen LogP) is 2.34. The molecule has 0 aliphatic rings. The monoisotopic (exact) mass is 268 g/mol. The van der Waals surface area contributed by atoms with E-state index in [0.717, 1.165) is 25.0 Å². The molecule has 0 saturated carbocycles. The summed E-state index contributed by atoms with van der Waals surface area (Å²) in [7, 11) is 0. The predicted molar refractivity (Wildman–Crippen MR) is 68.3 cm³/mol. The van der Waals surface area contributed by atoms with Gasteiger partial charge in [0, 0.05) is 6.07 Å². The first-order valence-electron chi connectivity index (χ1n) is 5.77. The van der Waals surface area contributed by atoms with Crippen molar-refractivity contribution in [3.63, 3.8) is 0 Å². The number of nitrogens with zero attached hydrogens (tertiary/aromatic N) is 3. The Kier molecular flexibility index (Phi) is 4.28. The zero-order valence-electron chi connectivity index (χ0n) is 9.81. The van der Waals surface area contributed by atoms with Crippen molar-refractivity contribution >= 4 is 11.6 Å².